The van der Waals surface area contributed by atoms with Crippen molar-refractivity contribution in [1.82, 2.24) is 0 Å². The first kappa shape index (κ1) is 15.9. The SMILES string of the molecule is CC(=O)CC[C@@H]1C(=O)[C@H](C(C)(C)OC=O)CC[C@H]1C. The second-order valence-electron chi connectivity index (χ2n) is 6.17. The fourth-order valence-corrected chi connectivity index (χ4v) is 2.99. The van der Waals surface area contributed by atoms with E-state index in [1.807, 2.05) is 0 Å². The number of ketones is 2. The van der Waals surface area contributed by atoms with Crippen molar-refractivity contribution in [3.8, 4) is 0 Å². The van der Waals surface area contributed by atoms with Crippen LogP contribution in [0.15, 0.2) is 0 Å². The van der Waals surface area contributed by atoms with Crippen molar-refractivity contribution in [2.75, 3.05) is 0 Å². The number of hydrogen-bond donors (Lipinski definition) is 0. The molecular weight excluding hydrogens is 244 g/mol. The first-order chi connectivity index (χ1) is 8.79. The van der Waals surface area contributed by atoms with Gasteiger partial charge in [0.1, 0.15) is 17.2 Å². The van der Waals surface area contributed by atoms with E-state index in [2.05, 4.69) is 6.92 Å². The monoisotopic (exact) mass is 268 g/mol. The van der Waals surface area contributed by atoms with Gasteiger partial charge in [-0.3, -0.25) is 9.59 Å². The highest BCUT2D eigenvalue weighted by molar-refractivity contribution is 5.86. The Hall–Kier alpha value is -1.19. The normalized spacial score (nSPS) is 28.0. The molecule has 3 atom stereocenters. The molecule has 0 spiro atoms. The Balaban J connectivity index is 2.80. The molecule has 1 rings (SSSR count). The summed E-state index contributed by atoms with van der Waals surface area (Å²) < 4.78 is 5.08. The van der Waals surface area contributed by atoms with Crippen LogP contribution in [0.5, 0.6) is 0 Å². The summed E-state index contributed by atoms with van der Waals surface area (Å²) in [7, 11) is 0. The van der Waals surface area contributed by atoms with E-state index in [0.29, 0.717) is 25.2 Å². The Labute approximate surface area is 114 Å². The fraction of sp³-hybridized carbons (Fsp3) is 0.800. The molecule has 108 valence electrons. The van der Waals surface area contributed by atoms with E-state index in [0.717, 1.165) is 12.8 Å². The van der Waals surface area contributed by atoms with Gasteiger partial charge in [-0.2, -0.15) is 0 Å². The van der Waals surface area contributed by atoms with Gasteiger partial charge in [-0.15, -0.1) is 0 Å². The predicted molar refractivity (Wildman–Crippen MR) is 71.5 cm³/mol. The zero-order chi connectivity index (χ0) is 14.6. The van der Waals surface area contributed by atoms with E-state index in [9.17, 15) is 14.4 Å². The van der Waals surface area contributed by atoms with E-state index >= 15 is 0 Å². The molecule has 0 heterocycles. The third-order valence-corrected chi connectivity index (χ3v) is 4.30. The van der Waals surface area contributed by atoms with Crippen molar-refractivity contribution < 1.29 is 19.1 Å². The molecule has 0 aliphatic heterocycles. The topological polar surface area (TPSA) is 60.4 Å². The van der Waals surface area contributed by atoms with E-state index in [1.54, 1.807) is 20.8 Å². The van der Waals surface area contributed by atoms with Crippen molar-refractivity contribution in [3.63, 3.8) is 0 Å². The number of ether oxygens (including phenoxy) is 1. The van der Waals surface area contributed by atoms with E-state index in [-0.39, 0.29) is 23.4 Å². The summed E-state index contributed by atoms with van der Waals surface area (Å²) >= 11 is 0. The summed E-state index contributed by atoms with van der Waals surface area (Å²) in [4.78, 5) is 34.2. The Morgan fingerprint density at radius 2 is 2.05 bits per heavy atom. The van der Waals surface area contributed by atoms with Gasteiger partial charge in [-0.05, 0) is 46.0 Å². The third kappa shape index (κ3) is 3.88. The van der Waals surface area contributed by atoms with E-state index in [1.165, 1.54) is 0 Å². The molecule has 1 aliphatic rings. The van der Waals surface area contributed by atoms with Crippen molar-refractivity contribution in [3.05, 3.63) is 0 Å². The van der Waals surface area contributed by atoms with Crippen molar-refractivity contribution in [2.24, 2.45) is 17.8 Å². The quantitative estimate of drug-likeness (QED) is 0.694. The summed E-state index contributed by atoms with van der Waals surface area (Å²) in [5.41, 5.74) is -0.757. The minimum atomic E-state index is -0.757. The molecule has 0 aromatic carbocycles. The molecule has 0 aromatic rings. The Bertz CT molecular complexity index is 359. The zero-order valence-corrected chi connectivity index (χ0v) is 12.3. The molecule has 0 bridgehead atoms. The second kappa shape index (κ2) is 6.31. The second-order valence-corrected chi connectivity index (χ2v) is 6.17. The molecule has 0 radical (unpaired) electrons. The molecule has 4 heteroatoms. The fourth-order valence-electron chi connectivity index (χ4n) is 2.99. The lowest BCUT2D eigenvalue weighted by molar-refractivity contribution is -0.155. The number of hydrogen-bond acceptors (Lipinski definition) is 4. The number of Topliss-reactive ketones (excluding diaryl/α,β-unsaturated/α-hetero) is 2. The summed E-state index contributed by atoms with van der Waals surface area (Å²) in [6.45, 7) is 7.58. The van der Waals surface area contributed by atoms with E-state index in [4.69, 9.17) is 4.74 Å². The molecule has 0 aromatic heterocycles. The molecule has 19 heavy (non-hydrogen) atoms. The largest absolute Gasteiger partial charge is 0.461 e. The molecule has 0 amide bonds. The maximum atomic E-state index is 12.6. The highest BCUT2D eigenvalue weighted by atomic mass is 16.5. The van der Waals surface area contributed by atoms with Gasteiger partial charge in [0.15, 0.2) is 0 Å². The molecule has 0 saturated heterocycles. The smallest absolute Gasteiger partial charge is 0.293 e. The van der Waals surface area contributed by atoms with Crippen LogP contribution in [-0.4, -0.2) is 23.6 Å². The zero-order valence-electron chi connectivity index (χ0n) is 12.3. The van der Waals surface area contributed by atoms with Gasteiger partial charge in [0.05, 0.1) is 5.92 Å². The highest BCUT2D eigenvalue weighted by Crippen LogP contribution is 2.39. The average Bonchev–Trinajstić information content (AvgIpc) is 2.27. The van der Waals surface area contributed by atoms with Gasteiger partial charge in [0, 0.05) is 12.3 Å². The van der Waals surface area contributed by atoms with Crippen molar-refractivity contribution in [2.45, 2.75) is 59.0 Å². The minimum absolute atomic E-state index is 0.0859. The Morgan fingerprint density at radius 1 is 1.42 bits per heavy atom. The lowest BCUT2D eigenvalue weighted by Crippen LogP contribution is -2.46. The van der Waals surface area contributed by atoms with Gasteiger partial charge in [0.2, 0.25) is 0 Å². The van der Waals surface area contributed by atoms with Crippen LogP contribution in [-0.2, 0) is 19.1 Å². The summed E-state index contributed by atoms with van der Waals surface area (Å²) in [6, 6.07) is 0. The van der Waals surface area contributed by atoms with Crippen LogP contribution in [0.1, 0.15) is 53.4 Å². The molecule has 1 aliphatic carbocycles. The van der Waals surface area contributed by atoms with Crippen molar-refractivity contribution >= 4 is 18.0 Å². The Morgan fingerprint density at radius 3 is 2.58 bits per heavy atom. The van der Waals surface area contributed by atoms with Crippen LogP contribution < -0.4 is 0 Å². The van der Waals surface area contributed by atoms with Gasteiger partial charge < -0.3 is 9.53 Å². The maximum absolute atomic E-state index is 12.6. The van der Waals surface area contributed by atoms with Crippen LogP contribution in [0.2, 0.25) is 0 Å². The Kier molecular flexibility index (Phi) is 5.27. The van der Waals surface area contributed by atoms with Gasteiger partial charge in [-0.1, -0.05) is 6.92 Å². The number of carbonyl (C=O) groups excluding carboxylic acids is 3. The van der Waals surface area contributed by atoms with Crippen molar-refractivity contribution in [1.29, 1.82) is 0 Å². The van der Waals surface area contributed by atoms with Crippen LogP contribution in [0.4, 0.5) is 0 Å². The van der Waals surface area contributed by atoms with Gasteiger partial charge >= 0.3 is 0 Å². The highest BCUT2D eigenvalue weighted by Gasteiger charge is 2.44. The predicted octanol–water partition coefficient (Wildman–Crippen LogP) is 2.54. The summed E-state index contributed by atoms with van der Waals surface area (Å²) in [6.07, 6.45) is 2.74. The van der Waals surface area contributed by atoms with Crippen LogP contribution in [0, 0.1) is 17.8 Å². The summed E-state index contributed by atoms with van der Waals surface area (Å²) in [5, 5.41) is 0. The number of carbonyl (C=O) groups is 3. The van der Waals surface area contributed by atoms with Gasteiger partial charge in [0.25, 0.3) is 6.47 Å². The minimum Gasteiger partial charge on any atom is -0.461 e. The molecule has 1 saturated carbocycles. The molecule has 0 unspecified atom stereocenters. The standard InChI is InChI=1S/C15H24O4/c1-10-5-8-13(15(3,4)19-9-16)14(18)12(10)7-6-11(2)17/h9-10,12-13H,5-8H2,1-4H3/t10-,12+,13-/m1/s1. The first-order valence-corrected chi connectivity index (χ1v) is 6.94. The molecule has 1 fully saturated rings. The van der Waals surface area contributed by atoms with Gasteiger partial charge in [-0.25, -0.2) is 0 Å². The van der Waals surface area contributed by atoms with Crippen LogP contribution >= 0.6 is 0 Å². The molecule has 0 N–H and O–H groups in total. The third-order valence-electron chi connectivity index (χ3n) is 4.30. The lowest BCUT2D eigenvalue weighted by atomic mass is 9.67. The number of rotatable bonds is 6. The lowest BCUT2D eigenvalue weighted by Gasteiger charge is -2.39. The molecular formula is C15H24O4. The van der Waals surface area contributed by atoms with Crippen LogP contribution in [0.3, 0.4) is 0 Å². The molecule has 4 nitrogen and oxygen atoms in total. The average molecular weight is 268 g/mol. The maximum Gasteiger partial charge on any atom is 0.293 e. The van der Waals surface area contributed by atoms with Crippen LogP contribution in [0.25, 0.3) is 0 Å². The van der Waals surface area contributed by atoms with E-state index < -0.39 is 5.60 Å². The summed E-state index contributed by atoms with van der Waals surface area (Å²) in [5.74, 6) is 0.218. The first-order valence-electron chi connectivity index (χ1n) is 6.94.